The number of carbonyl (C=O) groups excluding carboxylic acids is 3. The maximum atomic E-state index is 12.3. The van der Waals surface area contributed by atoms with Gasteiger partial charge in [-0.1, -0.05) is 20.8 Å². The third kappa shape index (κ3) is 6.72. The summed E-state index contributed by atoms with van der Waals surface area (Å²) < 4.78 is 0. The van der Waals surface area contributed by atoms with Gasteiger partial charge in [0.1, 0.15) is 12.1 Å². The summed E-state index contributed by atoms with van der Waals surface area (Å²) in [4.78, 5) is 48.9. The molecular weight excluding hydrogens is 326 g/mol. The van der Waals surface area contributed by atoms with Crippen molar-refractivity contribution < 1.29 is 24.3 Å². The minimum absolute atomic E-state index is 0.0486. The van der Waals surface area contributed by atoms with Crippen LogP contribution in [0.4, 0.5) is 0 Å². The van der Waals surface area contributed by atoms with Crippen molar-refractivity contribution in [1.29, 1.82) is 0 Å². The lowest BCUT2D eigenvalue weighted by Crippen LogP contribution is -2.50. The molecule has 1 fully saturated rings. The van der Waals surface area contributed by atoms with E-state index < -0.39 is 24.0 Å². The zero-order chi connectivity index (χ0) is 19.0. The number of amides is 3. The van der Waals surface area contributed by atoms with E-state index in [1.54, 1.807) is 4.90 Å². The van der Waals surface area contributed by atoms with E-state index in [-0.39, 0.29) is 24.3 Å². The molecule has 0 saturated carbocycles. The summed E-state index contributed by atoms with van der Waals surface area (Å²) >= 11 is 0. The highest BCUT2D eigenvalue weighted by atomic mass is 16.4. The van der Waals surface area contributed by atoms with Crippen LogP contribution in [0.5, 0.6) is 0 Å². The number of rotatable bonds is 9. The van der Waals surface area contributed by atoms with Crippen molar-refractivity contribution in [2.24, 2.45) is 5.92 Å². The van der Waals surface area contributed by atoms with E-state index in [0.29, 0.717) is 25.8 Å². The summed E-state index contributed by atoms with van der Waals surface area (Å²) in [5.74, 6) is -1.95. The monoisotopic (exact) mass is 355 g/mol. The molecule has 0 aromatic rings. The van der Waals surface area contributed by atoms with Gasteiger partial charge in [-0.2, -0.15) is 0 Å². The lowest BCUT2D eigenvalue weighted by atomic mass is 10.0. The molecule has 0 bridgehead atoms. The first-order chi connectivity index (χ1) is 11.8. The molecule has 1 heterocycles. The van der Waals surface area contributed by atoms with Crippen LogP contribution in [0.2, 0.25) is 0 Å². The Morgan fingerprint density at radius 1 is 1.24 bits per heavy atom. The average molecular weight is 355 g/mol. The first-order valence-electron chi connectivity index (χ1n) is 8.85. The number of hydrogen-bond donors (Lipinski definition) is 3. The molecular formula is C17H29N3O5. The summed E-state index contributed by atoms with van der Waals surface area (Å²) in [6.07, 6.45) is 2.78. The van der Waals surface area contributed by atoms with E-state index in [9.17, 15) is 19.2 Å². The van der Waals surface area contributed by atoms with Crippen LogP contribution in [0.3, 0.4) is 0 Å². The Kier molecular flexibility index (Phi) is 8.37. The minimum Gasteiger partial charge on any atom is -0.480 e. The molecule has 1 unspecified atom stereocenters. The van der Waals surface area contributed by atoms with E-state index in [1.807, 2.05) is 20.8 Å². The molecule has 25 heavy (non-hydrogen) atoms. The summed E-state index contributed by atoms with van der Waals surface area (Å²) in [5, 5.41) is 14.0. The van der Waals surface area contributed by atoms with E-state index in [0.717, 1.165) is 12.8 Å². The molecule has 3 N–H and O–H groups in total. The molecule has 1 saturated heterocycles. The second-order valence-electron chi connectivity index (χ2n) is 6.80. The molecule has 8 nitrogen and oxygen atoms in total. The van der Waals surface area contributed by atoms with Crippen LogP contribution in [0.25, 0.3) is 0 Å². The van der Waals surface area contributed by atoms with Gasteiger partial charge in [0, 0.05) is 13.0 Å². The van der Waals surface area contributed by atoms with Crippen molar-refractivity contribution in [3.8, 4) is 0 Å². The van der Waals surface area contributed by atoms with Crippen molar-refractivity contribution in [1.82, 2.24) is 15.5 Å². The quantitative estimate of drug-likeness (QED) is 0.557. The number of hydrogen-bond acceptors (Lipinski definition) is 4. The number of nitrogens with zero attached hydrogens (tertiary/aromatic N) is 1. The fourth-order valence-corrected chi connectivity index (χ4v) is 2.92. The second-order valence-corrected chi connectivity index (χ2v) is 6.80. The van der Waals surface area contributed by atoms with Crippen LogP contribution in [0.15, 0.2) is 0 Å². The van der Waals surface area contributed by atoms with Gasteiger partial charge in [0.25, 0.3) is 0 Å². The normalized spacial score (nSPS) is 18.1. The fraction of sp³-hybridized carbons (Fsp3) is 0.765. The molecule has 0 aromatic carbocycles. The summed E-state index contributed by atoms with van der Waals surface area (Å²) in [7, 11) is 0. The molecule has 142 valence electrons. The summed E-state index contributed by atoms with van der Waals surface area (Å²) in [6.45, 7) is 5.90. The van der Waals surface area contributed by atoms with Crippen molar-refractivity contribution in [2.45, 2.75) is 65.0 Å². The van der Waals surface area contributed by atoms with Crippen molar-refractivity contribution in [2.75, 3.05) is 13.1 Å². The van der Waals surface area contributed by atoms with Crippen LogP contribution in [-0.4, -0.2) is 58.9 Å². The predicted molar refractivity (Wildman–Crippen MR) is 91.7 cm³/mol. The number of likely N-dealkylation sites (tertiary alicyclic amines) is 1. The first-order valence-corrected chi connectivity index (χ1v) is 8.85. The van der Waals surface area contributed by atoms with Gasteiger partial charge in [0.2, 0.25) is 17.7 Å². The number of carbonyl (C=O) groups is 4. The van der Waals surface area contributed by atoms with Gasteiger partial charge in [0.05, 0.1) is 6.54 Å². The number of carboxylic acid groups (broad SMARTS) is 1. The minimum atomic E-state index is -1.10. The molecule has 0 radical (unpaired) electrons. The highest BCUT2D eigenvalue weighted by Crippen LogP contribution is 2.18. The van der Waals surface area contributed by atoms with Crippen LogP contribution in [0, 0.1) is 5.92 Å². The number of carboxylic acids is 1. The maximum absolute atomic E-state index is 12.3. The van der Waals surface area contributed by atoms with Gasteiger partial charge in [-0.3, -0.25) is 14.4 Å². The molecule has 3 amide bonds. The highest BCUT2D eigenvalue weighted by Gasteiger charge is 2.33. The van der Waals surface area contributed by atoms with E-state index in [4.69, 9.17) is 5.11 Å². The first kappa shape index (κ1) is 20.9. The molecule has 1 rings (SSSR count). The lowest BCUT2D eigenvalue weighted by molar-refractivity contribution is -0.142. The van der Waals surface area contributed by atoms with Crippen LogP contribution in [0.1, 0.15) is 52.9 Å². The molecule has 1 aliphatic rings. The number of nitrogens with one attached hydrogen (secondary N) is 2. The van der Waals surface area contributed by atoms with E-state index >= 15 is 0 Å². The zero-order valence-corrected chi connectivity index (χ0v) is 15.2. The highest BCUT2D eigenvalue weighted by molar-refractivity contribution is 5.91. The van der Waals surface area contributed by atoms with E-state index in [1.165, 1.54) is 0 Å². The Morgan fingerprint density at radius 2 is 1.92 bits per heavy atom. The Morgan fingerprint density at radius 3 is 2.48 bits per heavy atom. The van der Waals surface area contributed by atoms with Gasteiger partial charge >= 0.3 is 5.97 Å². The number of aliphatic carboxylic acids is 1. The molecule has 0 spiro atoms. The van der Waals surface area contributed by atoms with Crippen LogP contribution >= 0.6 is 0 Å². The molecule has 1 aliphatic heterocycles. The summed E-state index contributed by atoms with van der Waals surface area (Å²) in [6, 6.07) is -1.52. The SMILES string of the molecule is CCCC(=O)N1CCCC1C(=O)NCC(=O)N[C@@H](CC(C)C)C(=O)O. The van der Waals surface area contributed by atoms with Crippen molar-refractivity contribution in [3.05, 3.63) is 0 Å². The largest absolute Gasteiger partial charge is 0.480 e. The lowest BCUT2D eigenvalue weighted by Gasteiger charge is -2.24. The standard InChI is InChI=1S/C17H29N3O5/c1-4-6-15(22)20-8-5-7-13(20)16(23)18-10-14(21)19-12(17(24)25)9-11(2)3/h11-13H,4-10H2,1-3H3,(H,18,23)(H,19,21)(H,24,25)/t12-,13?/m0/s1. The van der Waals surface area contributed by atoms with Crippen molar-refractivity contribution in [3.63, 3.8) is 0 Å². The Bertz CT molecular complexity index is 507. The maximum Gasteiger partial charge on any atom is 0.326 e. The Balaban J connectivity index is 2.50. The van der Waals surface area contributed by atoms with Gasteiger partial charge in [-0.05, 0) is 31.6 Å². The topological polar surface area (TPSA) is 116 Å². The third-order valence-corrected chi connectivity index (χ3v) is 4.10. The van der Waals surface area contributed by atoms with Gasteiger partial charge < -0.3 is 20.6 Å². The molecule has 2 atom stereocenters. The predicted octanol–water partition coefficient (Wildman–Crippen LogP) is 0.509. The smallest absolute Gasteiger partial charge is 0.326 e. The molecule has 8 heteroatoms. The Labute approximate surface area is 148 Å². The second kappa shape index (κ2) is 10.0. The Hall–Kier alpha value is -2.12. The zero-order valence-electron chi connectivity index (χ0n) is 15.2. The van der Waals surface area contributed by atoms with Gasteiger partial charge in [-0.15, -0.1) is 0 Å². The van der Waals surface area contributed by atoms with Gasteiger partial charge in [0.15, 0.2) is 0 Å². The van der Waals surface area contributed by atoms with Gasteiger partial charge in [-0.25, -0.2) is 4.79 Å². The van der Waals surface area contributed by atoms with Crippen molar-refractivity contribution >= 4 is 23.7 Å². The van der Waals surface area contributed by atoms with Crippen LogP contribution in [-0.2, 0) is 19.2 Å². The fourth-order valence-electron chi connectivity index (χ4n) is 2.92. The van der Waals surface area contributed by atoms with Crippen LogP contribution < -0.4 is 10.6 Å². The molecule has 0 aliphatic carbocycles. The third-order valence-electron chi connectivity index (χ3n) is 4.10. The van der Waals surface area contributed by atoms with E-state index in [2.05, 4.69) is 10.6 Å². The molecule has 0 aromatic heterocycles. The summed E-state index contributed by atoms with van der Waals surface area (Å²) in [5.41, 5.74) is 0. The average Bonchev–Trinajstić information content (AvgIpc) is 3.01.